The van der Waals surface area contributed by atoms with Crippen LogP contribution in [-0.2, 0) is 4.74 Å². The van der Waals surface area contributed by atoms with E-state index in [9.17, 15) is 5.11 Å². The summed E-state index contributed by atoms with van der Waals surface area (Å²) in [6, 6.07) is 9.12. The normalized spacial score (nSPS) is 17.3. The fourth-order valence-electron chi connectivity index (χ4n) is 3.06. The van der Waals surface area contributed by atoms with Crippen molar-refractivity contribution in [1.82, 2.24) is 5.32 Å². The Morgan fingerprint density at radius 3 is 2.30 bits per heavy atom. The summed E-state index contributed by atoms with van der Waals surface area (Å²) in [4.78, 5) is 2.37. The molecule has 0 spiro atoms. The molecule has 23 heavy (non-hydrogen) atoms. The average Bonchev–Trinajstić information content (AvgIpc) is 2.64. The topological polar surface area (TPSA) is 44.7 Å². The molecule has 1 aromatic rings. The first-order chi connectivity index (χ1) is 11.1. The van der Waals surface area contributed by atoms with E-state index >= 15 is 0 Å². The van der Waals surface area contributed by atoms with Gasteiger partial charge in [0.15, 0.2) is 0 Å². The Labute approximate surface area is 140 Å². The molecule has 1 aliphatic heterocycles. The van der Waals surface area contributed by atoms with Gasteiger partial charge in [-0.25, -0.2) is 0 Å². The van der Waals surface area contributed by atoms with Crippen molar-refractivity contribution in [3.05, 3.63) is 29.8 Å². The number of ether oxygens (including phenoxy) is 1. The second-order valence-electron chi connectivity index (χ2n) is 6.66. The fraction of sp³-hybridized carbons (Fsp3) is 0.684. The van der Waals surface area contributed by atoms with Gasteiger partial charge in [-0.1, -0.05) is 26.0 Å². The lowest BCUT2D eigenvalue weighted by Crippen LogP contribution is -2.37. The average molecular weight is 320 g/mol. The number of aliphatic hydroxyl groups is 1. The van der Waals surface area contributed by atoms with Crippen molar-refractivity contribution < 1.29 is 9.84 Å². The molecule has 1 aliphatic rings. The molecule has 1 atom stereocenters. The van der Waals surface area contributed by atoms with Crippen LogP contribution in [0.5, 0.6) is 0 Å². The quantitative estimate of drug-likeness (QED) is 0.773. The molecule has 2 rings (SSSR count). The lowest BCUT2D eigenvalue weighted by Gasteiger charge is -2.32. The van der Waals surface area contributed by atoms with E-state index in [0.717, 1.165) is 45.7 Å². The third kappa shape index (κ3) is 4.69. The Morgan fingerprint density at radius 1 is 1.17 bits per heavy atom. The van der Waals surface area contributed by atoms with Crippen molar-refractivity contribution in [3.63, 3.8) is 0 Å². The molecule has 2 N–H and O–H groups in total. The Bertz CT molecular complexity index is 443. The molecule has 0 aliphatic carbocycles. The van der Waals surface area contributed by atoms with Crippen LogP contribution in [0.3, 0.4) is 0 Å². The first-order valence-electron chi connectivity index (χ1n) is 8.91. The van der Waals surface area contributed by atoms with E-state index < -0.39 is 0 Å². The second-order valence-corrected chi connectivity index (χ2v) is 6.66. The van der Waals surface area contributed by atoms with Gasteiger partial charge >= 0.3 is 0 Å². The number of aliphatic hydroxyl groups excluding tert-OH is 1. The zero-order valence-electron chi connectivity index (χ0n) is 14.8. The van der Waals surface area contributed by atoms with E-state index in [0.29, 0.717) is 0 Å². The zero-order chi connectivity index (χ0) is 16.7. The number of hydrogen-bond acceptors (Lipinski definition) is 4. The lowest BCUT2D eigenvalue weighted by atomic mass is 9.83. The number of morpholine rings is 1. The second kappa shape index (κ2) is 8.67. The molecular weight excluding hydrogens is 288 g/mol. The number of anilines is 1. The molecule has 0 aromatic heterocycles. The molecule has 0 saturated carbocycles. The summed E-state index contributed by atoms with van der Waals surface area (Å²) in [5.74, 6) is 0. The maximum atomic E-state index is 9.68. The number of benzene rings is 1. The SMILES string of the molecule is CCC(CC)(CO)CNC(C)c1ccc(N2CCOCC2)cc1. The van der Waals surface area contributed by atoms with Gasteiger partial charge in [0.25, 0.3) is 0 Å². The summed E-state index contributed by atoms with van der Waals surface area (Å²) >= 11 is 0. The summed E-state index contributed by atoms with van der Waals surface area (Å²) < 4.78 is 5.41. The van der Waals surface area contributed by atoms with Gasteiger partial charge in [0.05, 0.1) is 13.2 Å². The Morgan fingerprint density at radius 2 is 1.78 bits per heavy atom. The van der Waals surface area contributed by atoms with Crippen molar-refractivity contribution in [3.8, 4) is 0 Å². The standard InChI is InChI=1S/C19H32N2O2/c1-4-19(5-2,15-22)14-20-16(3)17-6-8-18(9-7-17)21-10-12-23-13-11-21/h6-9,16,20,22H,4-5,10-15H2,1-3H3. The predicted molar refractivity (Wildman–Crippen MR) is 96.0 cm³/mol. The third-order valence-corrected chi connectivity index (χ3v) is 5.39. The van der Waals surface area contributed by atoms with Crippen molar-refractivity contribution in [2.24, 2.45) is 5.41 Å². The maximum absolute atomic E-state index is 9.68. The van der Waals surface area contributed by atoms with Crippen LogP contribution in [0.15, 0.2) is 24.3 Å². The molecule has 1 unspecified atom stereocenters. The fourth-order valence-corrected chi connectivity index (χ4v) is 3.06. The van der Waals surface area contributed by atoms with Gasteiger partial charge in [-0.05, 0) is 37.5 Å². The molecule has 1 fully saturated rings. The molecule has 4 nitrogen and oxygen atoms in total. The Kier molecular flexibility index (Phi) is 6.88. The first kappa shape index (κ1) is 18.2. The van der Waals surface area contributed by atoms with Gasteiger partial charge in [0.2, 0.25) is 0 Å². The monoisotopic (exact) mass is 320 g/mol. The lowest BCUT2D eigenvalue weighted by molar-refractivity contribution is 0.110. The van der Waals surface area contributed by atoms with Crippen LogP contribution in [0, 0.1) is 5.41 Å². The molecular formula is C19H32N2O2. The minimum absolute atomic E-state index is 0.00199. The Balaban J connectivity index is 1.93. The molecule has 4 heteroatoms. The summed E-state index contributed by atoms with van der Waals surface area (Å²) in [5, 5.41) is 13.3. The predicted octanol–water partition coefficient (Wildman–Crippen LogP) is 2.97. The largest absolute Gasteiger partial charge is 0.396 e. The van der Waals surface area contributed by atoms with Crippen LogP contribution in [-0.4, -0.2) is 44.6 Å². The van der Waals surface area contributed by atoms with Crippen LogP contribution in [0.25, 0.3) is 0 Å². The maximum Gasteiger partial charge on any atom is 0.0642 e. The summed E-state index contributed by atoms with van der Waals surface area (Å²) in [6.45, 7) is 11.2. The highest BCUT2D eigenvalue weighted by atomic mass is 16.5. The smallest absolute Gasteiger partial charge is 0.0642 e. The van der Waals surface area contributed by atoms with Gasteiger partial charge in [0.1, 0.15) is 0 Å². The Hall–Kier alpha value is -1.10. The number of nitrogens with one attached hydrogen (secondary N) is 1. The van der Waals surface area contributed by atoms with Gasteiger partial charge in [-0.2, -0.15) is 0 Å². The van der Waals surface area contributed by atoms with E-state index in [4.69, 9.17) is 4.74 Å². The molecule has 0 amide bonds. The molecule has 1 heterocycles. The molecule has 0 bridgehead atoms. The number of nitrogens with zero attached hydrogens (tertiary/aromatic N) is 1. The van der Waals surface area contributed by atoms with Crippen LogP contribution in [0.4, 0.5) is 5.69 Å². The van der Waals surface area contributed by atoms with Crippen molar-refractivity contribution in [2.75, 3.05) is 44.4 Å². The van der Waals surface area contributed by atoms with Gasteiger partial charge in [-0.15, -0.1) is 0 Å². The molecule has 130 valence electrons. The van der Waals surface area contributed by atoms with E-state index in [1.807, 2.05) is 0 Å². The van der Waals surface area contributed by atoms with Crippen LogP contribution >= 0.6 is 0 Å². The van der Waals surface area contributed by atoms with Crippen LogP contribution < -0.4 is 10.2 Å². The summed E-state index contributed by atoms with van der Waals surface area (Å²) in [7, 11) is 0. The molecule has 1 saturated heterocycles. The third-order valence-electron chi connectivity index (χ3n) is 5.39. The van der Waals surface area contributed by atoms with Crippen molar-refractivity contribution >= 4 is 5.69 Å². The zero-order valence-corrected chi connectivity index (χ0v) is 14.8. The van der Waals surface area contributed by atoms with Crippen LogP contribution in [0.2, 0.25) is 0 Å². The van der Waals surface area contributed by atoms with E-state index in [1.165, 1.54) is 11.3 Å². The van der Waals surface area contributed by atoms with E-state index in [-0.39, 0.29) is 18.1 Å². The summed E-state index contributed by atoms with van der Waals surface area (Å²) in [6.07, 6.45) is 1.99. The minimum atomic E-state index is 0.00199. The van der Waals surface area contributed by atoms with Crippen molar-refractivity contribution in [1.29, 1.82) is 0 Å². The van der Waals surface area contributed by atoms with Gasteiger partial charge in [-0.3, -0.25) is 0 Å². The highest BCUT2D eigenvalue weighted by Crippen LogP contribution is 2.26. The number of rotatable bonds is 8. The van der Waals surface area contributed by atoms with Crippen LogP contribution in [0.1, 0.15) is 45.2 Å². The number of hydrogen-bond donors (Lipinski definition) is 2. The van der Waals surface area contributed by atoms with E-state index in [1.54, 1.807) is 0 Å². The first-order valence-corrected chi connectivity index (χ1v) is 8.91. The van der Waals surface area contributed by atoms with Gasteiger partial charge < -0.3 is 20.1 Å². The highest BCUT2D eigenvalue weighted by molar-refractivity contribution is 5.48. The molecule has 1 aromatic carbocycles. The van der Waals surface area contributed by atoms with Crippen molar-refractivity contribution in [2.45, 2.75) is 39.7 Å². The van der Waals surface area contributed by atoms with Gasteiger partial charge in [0, 0.05) is 43.4 Å². The summed E-state index contributed by atoms with van der Waals surface area (Å²) in [5.41, 5.74) is 2.57. The van der Waals surface area contributed by atoms with E-state index in [2.05, 4.69) is 55.3 Å². The highest BCUT2D eigenvalue weighted by Gasteiger charge is 2.25. The minimum Gasteiger partial charge on any atom is -0.396 e. The molecule has 0 radical (unpaired) electrons.